The number of halogens is 1. The first-order chi connectivity index (χ1) is 9.34. The number of nitrogens with zero attached hydrogens (tertiary/aromatic N) is 2. The molecule has 0 aromatic rings. The first kappa shape index (κ1) is 20.9. The van der Waals surface area contributed by atoms with Gasteiger partial charge in [-0.15, -0.1) is 24.0 Å². The van der Waals surface area contributed by atoms with E-state index in [0.717, 1.165) is 19.0 Å². The van der Waals surface area contributed by atoms with Crippen LogP contribution >= 0.6 is 24.0 Å². The predicted octanol–water partition coefficient (Wildman–Crippen LogP) is 0.544. The van der Waals surface area contributed by atoms with Gasteiger partial charge < -0.3 is 10.6 Å². The second kappa shape index (κ2) is 9.83. The van der Waals surface area contributed by atoms with Gasteiger partial charge in [0.05, 0.1) is 11.5 Å². The van der Waals surface area contributed by atoms with Crippen LogP contribution in [0.4, 0.5) is 0 Å². The van der Waals surface area contributed by atoms with Crippen molar-refractivity contribution in [2.45, 2.75) is 26.8 Å². The van der Waals surface area contributed by atoms with Crippen molar-refractivity contribution >= 4 is 39.8 Å². The number of hydrogen-bond acceptors (Lipinski definition) is 4. The minimum atomic E-state index is -2.79. The fourth-order valence-corrected chi connectivity index (χ4v) is 3.16. The van der Waals surface area contributed by atoms with Crippen LogP contribution < -0.4 is 10.6 Å². The smallest absolute Gasteiger partial charge is 0.191 e. The molecule has 0 amide bonds. The summed E-state index contributed by atoms with van der Waals surface area (Å²) in [5.74, 6) is 1.91. The maximum Gasteiger partial charge on any atom is 0.191 e. The van der Waals surface area contributed by atoms with Crippen molar-refractivity contribution in [1.82, 2.24) is 15.5 Å². The summed E-state index contributed by atoms with van der Waals surface area (Å²) in [4.78, 5) is 6.37. The molecule has 2 N–H and O–H groups in total. The molecule has 0 aromatic carbocycles. The normalized spacial score (nSPS) is 20.7. The zero-order valence-corrected chi connectivity index (χ0v) is 16.6. The first-order valence-corrected chi connectivity index (χ1v) is 9.06. The summed E-state index contributed by atoms with van der Waals surface area (Å²) in [6.07, 6.45) is 0. The lowest BCUT2D eigenvalue weighted by atomic mass is 10.1. The summed E-state index contributed by atoms with van der Waals surface area (Å²) in [6, 6.07) is 0.362. The molecule has 1 atom stereocenters. The van der Waals surface area contributed by atoms with E-state index in [1.54, 1.807) is 7.05 Å². The Hall–Kier alpha value is -0.0900. The Morgan fingerprint density at radius 1 is 1.24 bits per heavy atom. The lowest BCUT2D eigenvalue weighted by molar-refractivity contribution is 0.299. The fraction of sp³-hybridized carbons (Fsp3) is 0.923. The highest BCUT2D eigenvalue weighted by Crippen LogP contribution is 2.02. The van der Waals surface area contributed by atoms with Crippen LogP contribution in [-0.2, 0) is 9.84 Å². The van der Waals surface area contributed by atoms with Gasteiger partial charge in [-0.25, -0.2) is 8.42 Å². The minimum Gasteiger partial charge on any atom is -0.355 e. The van der Waals surface area contributed by atoms with Crippen molar-refractivity contribution in [1.29, 1.82) is 0 Å². The lowest BCUT2D eigenvalue weighted by Crippen LogP contribution is -2.48. The molecule has 21 heavy (non-hydrogen) atoms. The maximum atomic E-state index is 11.3. The maximum absolute atomic E-state index is 11.3. The standard InChI is InChI=1S/C13H28N4O2S.HI/c1-11(2)12(3)16-13(14-4)15-5-6-17-7-9-20(18,19)10-8-17;/h11-12H,5-10H2,1-4H3,(H2,14,15,16);1H. The van der Waals surface area contributed by atoms with E-state index >= 15 is 0 Å². The highest BCUT2D eigenvalue weighted by atomic mass is 127. The third-order valence-electron chi connectivity index (χ3n) is 3.75. The van der Waals surface area contributed by atoms with Gasteiger partial charge in [0.15, 0.2) is 15.8 Å². The molecule has 0 radical (unpaired) electrons. The van der Waals surface area contributed by atoms with Crippen LogP contribution in [0, 0.1) is 5.92 Å². The summed E-state index contributed by atoms with van der Waals surface area (Å²) in [5, 5.41) is 6.61. The number of nitrogens with one attached hydrogen (secondary N) is 2. The molecular weight excluding hydrogens is 403 g/mol. The summed E-state index contributed by atoms with van der Waals surface area (Å²) in [6.45, 7) is 9.35. The van der Waals surface area contributed by atoms with Crippen LogP contribution in [0.1, 0.15) is 20.8 Å². The van der Waals surface area contributed by atoms with Gasteiger partial charge in [0.25, 0.3) is 0 Å². The summed E-state index contributed by atoms with van der Waals surface area (Å²) < 4.78 is 22.7. The Balaban J connectivity index is 0.00000400. The van der Waals surface area contributed by atoms with Gasteiger partial charge in [-0.05, 0) is 12.8 Å². The van der Waals surface area contributed by atoms with Gasteiger partial charge in [-0.2, -0.15) is 0 Å². The molecule has 0 bridgehead atoms. The van der Waals surface area contributed by atoms with E-state index in [2.05, 4.69) is 41.3 Å². The molecule has 6 nitrogen and oxygen atoms in total. The largest absolute Gasteiger partial charge is 0.355 e. The topological polar surface area (TPSA) is 73.8 Å². The molecule has 1 aliphatic heterocycles. The van der Waals surface area contributed by atoms with Crippen molar-refractivity contribution in [3.63, 3.8) is 0 Å². The Labute approximate surface area is 146 Å². The molecule has 1 unspecified atom stereocenters. The fourth-order valence-electron chi connectivity index (χ4n) is 1.88. The average molecular weight is 432 g/mol. The number of rotatable bonds is 5. The van der Waals surface area contributed by atoms with E-state index in [1.807, 2.05) is 0 Å². The zero-order valence-electron chi connectivity index (χ0n) is 13.4. The van der Waals surface area contributed by atoms with E-state index < -0.39 is 9.84 Å². The van der Waals surface area contributed by atoms with Gasteiger partial charge in [-0.1, -0.05) is 13.8 Å². The predicted molar refractivity (Wildman–Crippen MR) is 99.3 cm³/mol. The number of aliphatic imine (C=N–C) groups is 1. The zero-order chi connectivity index (χ0) is 15.2. The first-order valence-electron chi connectivity index (χ1n) is 7.24. The van der Waals surface area contributed by atoms with Crippen LogP contribution in [0.15, 0.2) is 4.99 Å². The van der Waals surface area contributed by atoms with Gasteiger partial charge in [0.1, 0.15) is 0 Å². The van der Waals surface area contributed by atoms with E-state index in [1.165, 1.54) is 0 Å². The van der Waals surface area contributed by atoms with Gasteiger partial charge in [0.2, 0.25) is 0 Å². The highest BCUT2D eigenvalue weighted by Gasteiger charge is 2.21. The molecule has 8 heteroatoms. The molecule has 126 valence electrons. The third-order valence-corrected chi connectivity index (χ3v) is 5.35. The summed E-state index contributed by atoms with van der Waals surface area (Å²) in [7, 11) is -1.03. The Bertz CT molecular complexity index is 412. The van der Waals surface area contributed by atoms with Crippen molar-refractivity contribution < 1.29 is 8.42 Å². The molecular formula is C13H29IN4O2S. The van der Waals surface area contributed by atoms with E-state index in [9.17, 15) is 8.42 Å². The quantitative estimate of drug-likeness (QED) is 0.377. The van der Waals surface area contributed by atoms with Crippen molar-refractivity contribution in [3.8, 4) is 0 Å². The van der Waals surface area contributed by atoms with E-state index in [0.29, 0.717) is 25.0 Å². The third kappa shape index (κ3) is 8.20. The monoisotopic (exact) mass is 432 g/mol. The van der Waals surface area contributed by atoms with Crippen LogP contribution in [-0.4, -0.2) is 70.1 Å². The Morgan fingerprint density at radius 3 is 2.29 bits per heavy atom. The molecule has 1 heterocycles. The second-order valence-electron chi connectivity index (χ2n) is 5.67. The number of sulfone groups is 1. The van der Waals surface area contributed by atoms with Crippen LogP contribution in [0.3, 0.4) is 0 Å². The van der Waals surface area contributed by atoms with Crippen molar-refractivity contribution in [2.75, 3.05) is 44.7 Å². The van der Waals surface area contributed by atoms with Gasteiger partial charge >= 0.3 is 0 Å². The Morgan fingerprint density at radius 2 is 1.81 bits per heavy atom. The van der Waals surface area contributed by atoms with Crippen molar-refractivity contribution in [2.24, 2.45) is 10.9 Å². The molecule has 0 aliphatic carbocycles. The molecule has 1 saturated heterocycles. The van der Waals surface area contributed by atoms with Crippen LogP contribution in [0.25, 0.3) is 0 Å². The summed E-state index contributed by atoms with van der Waals surface area (Å²) in [5.41, 5.74) is 0. The van der Waals surface area contributed by atoms with Crippen molar-refractivity contribution in [3.05, 3.63) is 0 Å². The molecule has 1 fully saturated rings. The molecule has 1 rings (SSSR count). The SMILES string of the molecule is CN=C(NCCN1CCS(=O)(=O)CC1)NC(C)C(C)C.I. The van der Waals surface area contributed by atoms with Crippen LogP contribution in [0.2, 0.25) is 0 Å². The lowest BCUT2D eigenvalue weighted by Gasteiger charge is -2.27. The molecule has 1 aliphatic rings. The molecule has 0 saturated carbocycles. The minimum absolute atomic E-state index is 0. The highest BCUT2D eigenvalue weighted by molar-refractivity contribution is 14.0. The Kier molecular flexibility index (Phi) is 9.79. The number of guanidine groups is 1. The average Bonchev–Trinajstić information content (AvgIpc) is 2.39. The van der Waals surface area contributed by atoms with E-state index in [-0.39, 0.29) is 35.5 Å². The van der Waals surface area contributed by atoms with E-state index in [4.69, 9.17) is 0 Å². The van der Waals surface area contributed by atoms with Crippen LogP contribution in [0.5, 0.6) is 0 Å². The second-order valence-corrected chi connectivity index (χ2v) is 7.97. The molecule has 0 spiro atoms. The number of hydrogen-bond donors (Lipinski definition) is 2. The summed E-state index contributed by atoms with van der Waals surface area (Å²) >= 11 is 0. The molecule has 0 aromatic heterocycles. The van der Waals surface area contributed by atoms with Gasteiger partial charge in [0, 0.05) is 39.3 Å². The van der Waals surface area contributed by atoms with Gasteiger partial charge in [-0.3, -0.25) is 9.89 Å².